The van der Waals surface area contributed by atoms with Crippen molar-refractivity contribution in [1.29, 1.82) is 0 Å². The molecule has 166 valence electrons. The molecule has 0 aromatic heterocycles. The molecule has 1 aliphatic carbocycles. The standard InChI is InChI=1S/C23H29N3O5/c1-30-16-9-10-25(13-16)18-3-2-4-20(18)31-15-5-6-17-14(11-15)12-26(23(17)29)19-7-8-21(27)24-22(19)28/h5-6,11,16,18-20H,2-4,7-10,12-13H2,1H3,(H,24,27,28)/t16-,18+,19?,20-/m1/s1. The summed E-state index contributed by atoms with van der Waals surface area (Å²) in [6.45, 7) is 2.37. The molecule has 3 heterocycles. The number of amides is 3. The molecule has 3 fully saturated rings. The maximum atomic E-state index is 12.9. The molecule has 4 atom stereocenters. The molecule has 1 aromatic carbocycles. The number of imide groups is 1. The second-order valence-electron chi connectivity index (χ2n) is 9.01. The average molecular weight is 428 g/mol. The highest BCUT2D eigenvalue weighted by atomic mass is 16.5. The lowest BCUT2D eigenvalue weighted by molar-refractivity contribution is -0.136. The van der Waals surface area contributed by atoms with Crippen molar-refractivity contribution in [1.82, 2.24) is 15.1 Å². The molecule has 8 nitrogen and oxygen atoms in total. The molecule has 1 aromatic rings. The molecule has 5 rings (SSSR count). The van der Waals surface area contributed by atoms with Gasteiger partial charge < -0.3 is 14.4 Å². The van der Waals surface area contributed by atoms with Crippen LogP contribution in [0.25, 0.3) is 0 Å². The number of carbonyl (C=O) groups excluding carboxylic acids is 3. The number of fused-ring (bicyclic) bond motifs is 1. The monoisotopic (exact) mass is 427 g/mol. The Kier molecular flexibility index (Phi) is 5.44. The minimum atomic E-state index is -0.593. The highest BCUT2D eigenvalue weighted by Gasteiger charge is 2.40. The van der Waals surface area contributed by atoms with Gasteiger partial charge in [-0.3, -0.25) is 24.6 Å². The summed E-state index contributed by atoms with van der Waals surface area (Å²) in [4.78, 5) is 40.6. The average Bonchev–Trinajstić information content (AvgIpc) is 3.47. The fourth-order valence-corrected chi connectivity index (χ4v) is 5.51. The fraction of sp³-hybridized carbons (Fsp3) is 0.609. The Labute approximate surface area is 181 Å². The van der Waals surface area contributed by atoms with E-state index >= 15 is 0 Å². The van der Waals surface area contributed by atoms with Crippen molar-refractivity contribution in [2.75, 3.05) is 20.2 Å². The van der Waals surface area contributed by atoms with Gasteiger partial charge in [-0.25, -0.2) is 0 Å². The van der Waals surface area contributed by atoms with Crippen molar-refractivity contribution < 1.29 is 23.9 Å². The summed E-state index contributed by atoms with van der Waals surface area (Å²) in [5, 5.41) is 2.34. The van der Waals surface area contributed by atoms with E-state index in [-0.39, 0.29) is 30.2 Å². The Morgan fingerprint density at radius 3 is 2.74 bits per heavy atom. The normalized spacial score (nSPS) is 31.3. The number of nitrogens with zero attached hydrogens (tertiary/aromatic N) is 2. The molecule has 3 amide bonds. The third-order valence-corrected chi connectivity index (χ3v) is 7.18. The van der Waals surface area contributed by atoms with Gasteiger partial charge in [0, 0.05) is 44.8 Å². The Morgan fingerprint density at radius 1 is 1.10 bits per heavy atom. The van der Waals surface area contributed by atoms with E-state index in [1.165, 1.54) is 0 Å². The minimum Gasteiger partial charge on any atom is -0.489 e. The van der Waals surface area contributed by atoms with Gasteiger partial charge in [0.05, 0.1) is 6.10 Å². The molecule has 8 heteroatoms. The number of hydrogen-bond acceptors (Lipinski definition) is 6. The number of benzene rings is 1. The van der Waals surface area contributed by atoms with E-state index in [0.29, 0.717) is 30.7 Å². The van der Waals surface area contributed by atoms with Gasteiger partial charge in [0.2, 0.25) is 11.8 Å². The zero-order valence-corrected chi connectivity index (χ0v) is 17.8. The lowest BCUT2D eigenvalue weighted by atomic mass is 10.0. The first-order valence-electron chi connectivity index (χ1n) is 11.2. The maximum Gasteiger partial charge on any atom is 0.255 e. The van der Waals surface area contributed by atoms with Crippen LogP contribution in [0.2, 0.25) is 0 Å². The quantitative estimate of drug-likeness (QED) is 0.716. The molecule has 0 spiro atoms. The highest BCUT2D eigenvalue weighted by molar-refractivity contribution is 6.05. The number of hydrogen-bond donors (Lipinski definition) is 1. The van der Waals surface area contributed by atoms with Crippen molar-refractivity contribution in [3.63, 3.8) is 0 Å². The van der Waals surface area contributed by atoms with Crippen molar-refractivity contribution >= 4 is 17.7 Å². The van der Waals surface area contributed by atoms with Crippen LogP contribution >= 0.6 is 0 Å². The predicted octanol–water partition coefficient (Wildman–Crippen LogP) is 1.47. The van der Waals surface area contributed by atoms with E-state index < -0.39 is 6.04 Å². The third-order valence-electron chi connectivity index (χ3n) is 7.18. The lowest BCUT2D eigenvalue weighted by Gasteiger charge is -2.30. The molecule has 2 saturated heterocycles. The lowest BCUT2D eigenvalue weighted by Crippen LogP contribution is -2.52. The second-order valence-corrected chi connectivity index (χ2v) is 9.01. The molecule has 4 aliphatic rings. The molecular weight excluding hydrogens is 398 g/mol. The summed E-state index contributed by atoms with van der Waals surface area (Å²) in [5.74, 6) is -0.0433. The largest absolute Gasteiger partial charge is 0.489 e. The number of rotatable bonds is 5. The molecule has 0 radical (unpaired) electrons. The van der Waals surface area contributed by atoms with Crippen LogP contribution < -0.4 is 10.1 Å². The van der Waals surface area contributed by atoms with Gasteiger partial charge in [-0.15, -0.1) is 0 Å². The van der Waals surface area contributed by atoms with Crippen LogP contribution in [0.1, 0.15) is 54.4 Å². The smallest absolute Gasteiger partial charge is 0.255 e. The van der Waals surface area contributed by atoms with E-state index in [9.17, 15) is 14.4 Å². The number of nitrogens with one attached hydrogen (secondary N) is 1. The topological polar surface area (TPSA) is 88.2 Å². The predicted molar refractivity (Wildman–Crippen MR) is 112 cm³/mol. The maximum absolute atomic E-state index is 12.9. The zero-order chi connectivity index (χ0) is 21.5. The van der Waals surface area contributed by atoms with Gasteiger partial charge in [-0.2, -0.15) is 0 Å². The summed E-state index contributed by atoms with van der Waals surface area (Å²) >= 11 is 0. The number of carbonyl (C=O) groups is 3. The Bertz CT molecular complexity index is 903. The van der Waals surface area contributed by atoms with Crippen molar-refractivity contribution in [3.05, 3.63) is 29.3 Å². The summed E-state index contributed by atoms with van der Waals surface area (Å²) < 4.78 is 11.9. The molecule has 1 unspecified atom stereocenters. The molecule has 1 saturated carbocycles. The van der Waals surface area contributed by atoms with E-state index in [4.69, 9.17) is 9.47 Å². The third kappa shape index (κ3) is 3.83. The van der Waals surface area contributed by atoms with Crippen LogP contribution in [0.3, 0.4) is 0 Å². The Hall–Kier alpha value is -2.45. The fourth-order valence-electron chi connectivity index (χ4n) is 5.51. The van der Waals surface area contributed by atoms with E-state index in [0.717, 1.165) is 50.1 Å². The van der Waals surface area contributed by atoms with E-state index in [2.05, 4.69) is 10.2 Å². The van der Waals surface area contributed by atoms with E-state index in [1.54, 1.807) is 18.1 Å². The van der Waals surface area contributed by atoms with Crippen molar-refractivity contribution in [2.24, 2.45) is 0 Å². The number of likely N-dealkylation sites (tertiary alicyclic amines) is 1. The van der Waals surface area contributed by atoms with Crippen molar-refractivity contribution in [3.8, 4) is 5.75 Å². The number of methoxy groups -OCH3 is 1. The van der Waals surface area contributed by atoms with Crippen LogP contribution in [0.4, 0.5) is 0 Å². The Balaban J connectivity index is 1.27. The molecule has 0 bridgehead atoms. The van der Waals surface area contributed by atoms with Gasteiger partial charge in [-0.05, 0) is 55.9 Å². The number of ether oxygens (including phenoxy) is 2. The number of piperidine rings is 1. The van der Waals surface area contributed by atoms with Crippen LogP contribution in [0.5, 0.6) is 5.75 Å². The zero-order valence-electron chi connectivity index (χ0n) is 17.8. The Morgan fingerprint density at radius 2 is 1.97 bits per heavy atom. The van der Waals surface area contributed by atoms with Crippen LogP contribution in [-0.4, -0.2) is 72.0 Å². The first-order valence-corrected chi connectivity index (χ1v) is 11.2. The summed E-state index contributed by atoms with van der Waals surface area (Å²) in [6, 6.07) is 5.41. The van der Waals surface area contributed by atoms with Gasteiger partial charge >= 0.3 is 0 Å². The van der Waals surface area contributed by atoms with Crippen LogP contribution in [0.15, 0.2) is 18.2 Å². The summed E-state index contributed by atoms with van der Waals surface area (Å²) in [6.07, 6.45) is 5.45. The minimum absolute atomic E-state index is 0.136. The molecular formula is C23H29N3O5. The SMILES string of the molecule is CO[C@@H]1CCN([C@H]2CCC[C@H]2Oc2ccc3c(c2)CN(C2CCC(=O)NC2=O)C3=O)C1. The molecule has 3 aliphatic heterocycles. The van der Waals surface area contributed by atoms with Crippen LogP contribution in [-0.2, 0) is 20.9 Å². The van der Waals surface area contributed by atoms with Gasteiger partial charge in [0.1, 0.15) is 17.9 Å². The van der Waals surface area contributed by atoms with Gasteiger partial charge in [0.25, 0.3) is 5.91 Å². The van der Waals surface area contributed by atoms with Crippen LogP contribution in [0, 0.1) is 0 Å². The summed E-state index contributed by atoms with van der Waals surface area (Å²) in [7, 11) is 1.78. The molecule has 31 heavy (non-hydrogen) atoms. The summed E-state index contributed by atoms with van der Waals surface area (Å²) in [5.41, 5.74) is 1.49. The van der Waals surface area contributed by atoms with E-state index in [1.807, 2.05) is 12.1 Å². The highest BCUT2D eigenvalue weighted by Crippen LogP contribution is 2.34. The van der Waals surface area contributed by atoms with Crippen molar-refractivity contribution in [2.45, 2.75) is 69.4 Å². The molecule has 1 N–H and O–H groups in total. The van der Waals surface area contributed by atoms with Gasteiger partial charge in [0.15, 0.2) is 0 Å². The van der Waals surface area contributed by atoms with Gasteiger partial charge in [-0.1, -0.05) is 0 Å². The second kappa shape index (κ2) is 8.24. The first-order chi connectivity index (χ1) is 15.0. The first kappa shape index (κ1) is 20.5.